The lowest BCUT2D eigenvalue weighted by Gasteiger charge is -2.24. The van der Waals surface area contributed by atoms with E-state index in [0.29, 0.717) is 13.2 Å². The fourth-order valence-corrected chi connectivity index (χ4v) is 2.73. The monoisotopic (exact) mass is 294 g/mol. The molecule has 22 heavy (non-hydrogen) atoms. The maximum absolute atomic E-state index is 6.04. The normalized spacial score (nSPS) is 17.7. The van der Waals surface area contributed by atoms with Gasteiger partial charge in [-0.15, -0.1) is 0 Å². The van der Waals surface area contributed by atoms with Crippen LogP contribution in [-0.4, -0.2) is 12.7 Å². The van der Waals surface area contributed by atoms with Gasteiger partial charge >= 0.3 is 0 Å². The van der Waals surface area contributed by atoms with Crippen molar-refractivity contribution in [2.24, 2.45) is 0 Å². The summed E-state index contributed by atoms with van der Waals surface area (Å²) in [5, 5.41) is 0. The van der Waals surface area contributed by atoms with Crippen LogP contribution in [0.5, 0.6) is 5.75 Å². The van der Waals surface area contributed by atoms with Crippen LogP contribution in [0.15, 0.2) is 66.2 Å². The van der Waals surface area contributed by atoms with Crippen molar-refractivity contribution >= 4 is 0 Å². The molecule has 2 aromatic rings. The van der Waals surface area contributed by atoms with E-state index in [-0.39, 0.29) is 6.10 Å². The Morgan fingerprint density at radius 1 is 1.14 bits per heavy atom. The van der Waals surface area contributed by atoms with Gasteiger partial charge in [-0.25, -0.2) is 0 Å². The van der Waals surface area contributed by atoms with E-state index in [1.165, 1.54) is 16.7 Å². The molecular weight excluding hydrogens is 272 g/mol. The van der Waals surface area contributed by atoms with E-state index in [0.717, 1.165) is 18.6 Å². The summed E-state index contributed by atoms with van der Waals surface area (Å²) in [6, 6.07) is 18.6. The lowest BCUT2D eigenvalue weighted by Crippen LogP contribution is -2.21. The van der Waals surface area contributed by atoms with Gasteiger partial charge in [0, 0.05) is 0 Å². The van der Waals surface area contributed by atoms with E-state index in [1.54, 1.807) is 0 Å². The Morgan fingerprint density at radius 2 is 1.91 bits per heavy atom. The fraction of sp³-hybridized carbons (Fsp3) is 0.300. The molecule has 2 nitrogen and oxygen atoms in total. The molecule has 1 atom stereocenters. The molecule has 0 saturated heterocycles. The molecule has 0 saturated carbocycles. The topological polar surface area (TPSA) is 18.5 Å². The molecule has 2 aromatic carbocycles. The number of rotatable bonds is 5. The van der Waals surface area contributed by atoms with Gasteiger partial charge in [-0.2, -0.15) is 0 Å². The highest BCUT2D eigenvalue weighted by molar-refractivity contribution is 5.35. The summed E-state index contributed by atoms with van der Waals surface area (Å²) >= 11 is 0. The van der Waals surface area contributed by atoms with Crippen molar-refractivity contribution in [2.75, 3.05) is 6.61 Å². The molecule has 0 fully saturated rings. The van der Waals surface area contributed by atoms with Gasteiger partial charge < -0.3 is 9.47 Å². The summed E-state index contributed by atoms with van der Waals surface area (Å²) < 4.78 is 11.8. The highest BCUT2D eigenvalue weighted by Gasteiger charge is 2.17. The van der Waals surface area contributed by atoms with Gasteiger partial charge in [-0.05, 0) is 48.6 Å². The minimum Gasteiger partial charge on any atom is -0.486 e. The summed E-state index contributed by atoms with van der Waals surface area (Å²) in [7, 11) is 0. The number of benzene rings is 2. The Labute approximate surface area is 132 Å². The molecule has 0 aromatic heterocycles. The third-order valence-corrected chi connectivity index (χ3v) is 3.86. The van der Waals surface area contributed by atoms with E-state index >= 15 is 0 Å². The van der Waals surface area contributed by atoms with Gasteiger partial charge in [0.15, 0.2) is 0 Å². The molecule has 0 spiro atoms. The van der Waals surface area contributed by atoms with Crippen molar-refractivity contribution in [1.29, 1.82) is 0 Å². The van der Waals surface area contributed by atoms with Crippen LogP contribution in [0.2, 0.25) is 0 Å². The van der Waals surface area contributed by atoms with Crippen LogP contribution in [0.4, 0.5) is 0 Å². The molecule has 3 rings (SSSR count). The van der Waals surface area contributed by atoms with E-state index in [9.17, 15) is 0 Å². The maximum Gasteiger partial charge on any atom is 0.123 e. The van der Waals surface area contributed by atoms with Crippen LogP contribution in [0.1, 0.15) is 24.5 Å². The second-order valence-corrected chi connectivity index (χ2v) is 5.79. The summed E-state index contributed by atoms with van der Waals surface area (Å²) in [4.78, 5) is 0. The predicted octanol–water partition coefficient (Wildman–Crippen LogP) is 4.54. The van der Waals surface area contributed by atoms with Crippen LogP contribution in [0.3, 0.4) is 0 Å². The van der Waals surface area contributed by atoms with Gasteiger partial charge in [-0.3, -0.25) is 0 Å². The molecule has 0 N–H and O–H groups in total. The molecule has 2 heteroatoms. The smallest absolute Gasteiger partial charge is 0.123 e. The van der Waals surface area contributed by atoms with Gasteiger partial charge in [0.2, 0.25) is 0 Å². The Hall–Kier alpha value is -2.06. The number of hydrogen-bond acceptors (Lipinski definition) is 2. The van der Waals surface area contributed by atoms with Crippen LogP contribution in [0, 0.1) is 0 Å². The van der Waals surface area contributed by atoms with Crippen molar-refractivity contribution in [1.82, 2.24) is 0 Å². The van der Waals surface area contributed by atoms with E-state index in [1.807, 2.05) is 24.3 Å². The van der Waals surface area contributed by atoms with Gasteiger partial charge in [0.05, 0.1) is 13.2 Å². The molecule has 1 aliphatic rings. The third kappa shape index (κ3) is 3.99. The molecule has 114 valence electrons. The van der Waals surface area contributed by atoms with E-state index in [2.05, 4.69) is 43.3 Å². The third-order valence-electron chi connectivity index (χ3n) is 3.86. The van der Waals surface area contributed by atoms with Gasteiger partial charge in [0.1, 0.15) is 11.9 Å². The zero-order valence-electron chi connectivity index (χ0n) is 13.0. The Balaban J connectivity index is 1.50. The number of para-hydroxylation sites is 1. The highest BCUT2D eigenvalue weighted by Crippen LogP contribution is 2.27. The average molecular weight is 294 g/mol. The van der Waals surface area contributed by atoms with E-state index < -0.39 is 0 Å². The molecule has 0 bridgehead atoms. The van der Waals surface area contributed by atoms with Crippen molar-refractivity contribution in [3.8, 4) is 5.75 Å². The average Bonchev–Trinajstić information content (AvgIpc) is 2.56. The number of fused-ring (bicyclic) bond motifs is 1. The zero-order valence-corrected chi connectivity index (χ0v) is 13.0. The van der Waals surface area contributed by atoms with E-state index in [4.69, 9.17) is 9.47 Å². The van der Waals surface area contributed by atoms with Crippen LogP contribution < -0.4 is 4.74 Å². The van der Waals surface area contributed by atoms with Crippen LogP contribution in [-0.2, 0) is 17.8 Å². The van der Waals surface area contributed by atoms with Crippen LogP contribution >= 0.6 is 0 Å². The molecule has 1 unspecified atom stereocenters. The minimum absolute atomic E-state index is 0.162. The van der Waals surface area contributed by atoms with Crippen molar-refractivity contribution in [3.05, 3.63) is 77.4 Å². The van der Waals surface area contributed by atoms with Crippen molar-refractivity contribution < 1.29 is 9.47 Å². The first-order valence-corrected chi connectivity index (χ1v) is 7.85. The molecule has 1 aliphatic heterocycles. The first kappa shape index (κ1) is 14.9. The molecule has 0 amide bonds. The second-order valence-electron chi connectivity index (χ2n) is 5.79. The van der Waals surface area contributed by atoms with Crippen molar-refractivity contribution in [3.63, 3.8) is 0 Å². The lowest BCUT2D eigenvalue weighted by atomic mass is 10.0. The number of aryl methyl sites for hydroxylation is 1. The molecular formula is C20H22O2. The summed E-state index contributed by atoms with van der Waals surface area (Å²) in [6.07, 6.45) is 4.47. The maximum atomic E-state index is 6.04. The van der Waals surface area contributed by atoms with Crippen molar-refractivity contribution in [2.45, 2.75) is 32.5 Å². The molecule has 0 aliphatic carbocycles. The number of hydrogen-bond donors (Lipinski definition) is 0. The van der Waals surface area contributed by atoms with Gasteiger partial charge in [-0.1, -0.05) is 48.5 Å². The summed E-state index contributed by atoms with van der Waals surface area (Å²) in [5.74, 6) is 1.02. The lowest BCUT2D eigenvalue weighted by molar-refractivity contribution is 0.140. The Kier molecular flexibility index (Phi) is 4.92. The quantitative estimate of drug-likeness (QED) is 0.754. The Bertz CT molecular complexity index is 631. The molecule has 1 heterocycles. The fourth-order valence-electron chi connectivity index (χ4n) is 2.73. The number of ether oxygens (including phenoxy) is 2. The zero-order chi connectivity index (χ0) is 15.2. The Morgan fingerprint density at radius 3 is 2.77 bits per heavy atom. The predicted molar refractivity (Wildman–Crippen MR) is 89.0 cm³/mol. The summed E-state index contributed by atoms with van der Waals surface area (Å²) in [6.45, 7) is 3.41. The highest BCUT2D eigenvalue weighted by atomic mass is 16.5. The molecule has 0 radical (unpaired) electrons. The minimum atomic E-state index is 0.162. The first-order valence-electron chi connectivity index (χ1n) is 7.85. The standard InChI is InChI=1S/C20H22O2/c1-16(14-21-15-17-7-3-2-4-8-17)13-19-12-11-18-9-5-6-10-20(18)22-19/h2-10,13,19H,11-12,14-15H2,1H3. The second kappa shape index (κ2) is 7.28. The van der Waals surface area contributed by atoms with Gasteiger partial charge in [0.25, 0.3) is 0 Å². The first-order chi connectivity index (χ1) is 10.8. The SMILES string of the molecule is CC(=CC1CCc2ccccc2O1)COCc1ccccc1. The summed E-state index contributed by atoms with van der Waals surface area (Å²) in [5.41, 5.74) is 3.74. The van der Waals surface area contributed by atoms with Crippen LogP contribution in [0.25, 0.3) is 0 Å². The largest absolute Gasteiger partial charge is 0.486 e.